The summed E-state index contributed by atoms with van der Waals surface area (Å²) in [5.74, 6) is 0. The van der Waals surface area contributed by atoms with Crippen molar-refractivity contribution in [3.05, 3.63) is 54.6 Å². The van der Waals surface area contributed by atoms with E-state index in [-0.39, 0.29) is 6.03 Å². The summed E-state index contributed by atoms with van der Waals surface area (Å²) in [5.41, 5.74) is 2.09. The molecule has 2 amide bonds. The van der Waals surface area contributed by atoms with Crippen LogP contribution in [0.25, 0.3) is 0 Å². The second-order valence-electron chi connectivity index (χ2n) is 7.10. The minimum Gasteiger partial charge on any atom is -0.368 e. The summed E-state index contributed by atoms with van der Waals surface area (Å²) in [6.07, 6.45) is 6.81. The lowest BCUT2D eigenvalue weighted by atomic mass is 10.2. The summed E-state index contributed by atoms with van der Waals surface area (Å²) in [7, 11) is -0.730. The SMILES string of the molecule is CS(C)(C)c1ccc(NC(=O)N2CCN(c3ccccc3)CC2)cc1. The van der Waals surface area contributed by atoms with Crippen LogP contribution in [0.2, 0.25) is 0 Å². The average Bonchev–Trinajstić information content (AvgIpc) is 2.62. The van der Waals surface area contributed by atoms with E-state index in [1.54, 1.807) is 0 Å². The van der Waals surface area contributed by atoms with Gasteiger partial charge in [0.2, 0.25) is 0 Å². The number of hydrogen-bond donors (Lipinski definition) is 1. The molecule has 134 valence electrons. The van der Waals surface area contributed by atoms with Crippen LogP contribution in [0.15, 0.2) is 59.5 Å². The summed E-state index contributed by atoms with van der Waals surface area (Å²) in [4.78, 5) is 18.1. The summed E-state index contributed by atoms with van der Waals surface area (Å²) < 4.78 is 0. The average molecular weight is 358 g/mol. The molecule has 2 aromatic rings. The van der Waals surface area contributed by atoms with Crippen molar-refractivity contribution < 1.29 is 4.79 Å². The number of nitrogens with one attached hydrogen (secondary N) is 1. The molecule has 0 unspecified atom stereocenters. The number of carbonyl (C=O) groups is 1. The maximum Gasteiger partial charge on any atom is 0.321 e. The minimum absolute atomic E-state index is 0.0106. The fourth-order valence-electron chi connectivity index (χ4n) is 2.96. The first kappa shape index (κ1) is 17.7. The number of para-hydroxylation sites is 1. The van der Waals surface area contributed by atoms with Gasteiger partial charge in [0.15, 0.2) is 0 Å². The Morgan fingerprint density at radius 2 is 1.48 bits per heavy atom. The zero-order valence-electron chi connectivity index (χ0n) is 15.2. The van der Waals surface area contributed by atoms with Crippen LogP contribution >= 0.6 is 10.0 Å². The zero-order valence-corrected chi connectivity index (χ0v) is 16.1. The summed E-state index contributed by atoms with van der Waals surface area (Å²) >= 11 is 0. The largest absolute Gasteiger partial charge is 0.368 e. The van der Waals surface area contributed by atoms with Gasteiger partial charge in [-0.25, -0.2) is 14.8 Å². The van der Waals surface area contributed by atoms with Crippen LogP contribution in [0.3, 0.4) is 0 Å². The standard InChI is InChI=1S/C20H27N3OS/c1-25(2,3)19-11-9-17(10-12-19)21-20(24)23-15-13-22(14-16-23)18-7-5-4-6-8-18/h4-12H,13-16H2,1-3H3,(H,21,24). The molecular weight excluding hydrogens is 330 g/mol. The number of urea groups is 1. The fraction of sp³-hybridized carbons (Fsp3) is 0.350. The molecule has 25 heavy (non-hydrogen) atoms. The van der Waals surface area contributed by atoms with E-state index in [4.69, 9.17) is 0 Å². The first-order chi connectivity index (χ1) is 11.9. The highest BCUT2D eigenvalue weighted by Gasteiger charge is 2.21. The van der Waals surface area contributed by atoms with Crippen LogP contribution in [0.4, 0.5) is 16.2 Å². The maximum absolute atomic E-state index is 12.5. The zero-order chi connectivity index (χ0) is 17.9. The van der Waals surface area contributed by atoms with Crippen LogP contribution in [0.5, 0.6) is 0 Å². The predicted octanol–water partition coefficient (Wildman–Crippen LogP) is 4.09. The normalized spacial score (nSPS) is 15.8. The van der Waals surface area contributed by atoms with Gasteiger partial charge in [-0.3, -0.25) is 0 Å². The van der Waals surface area contributed by atoms with Gasteiger partial charge in [-0.1, -0.05) is 18.2 Å². The topological polar surface area (TPSA) is 35.6 Å². The third-order valence-electron chi connectivity index (χ3n) is 4.50. The van der Waals surface area contributed by atoms with Crippen LogP contribution in [-0.2, 0) is 0 Å². The molecule has 2 aromatic carbocycles. The van der Waals surface area contributed by atoms with Gasteiger partial charge < -0.3 is 15.1 Å². The molecular formula is C20H27N3OS. The molecule has 3 rings (SSSR count). The Morgan fingerprint density at radius 1 is 0.880 bits per heavy atom. The van der Waals surface area contributed by atoms with Crippen molar-refractivity contribution in [3.8, 4) is 0 Å². The molecule has 1 fully saturated rings. The summed E-state index contributed by atoms with van der Waals surface area (Å²) in [6, 6.07) is 18.6. The molecule has 0 saturated carbocycles. The number of benzene rings is 2. The Hall–Kier alpha value is -2.14. The van der Waals surface area contributed by atoms with Crippen molar-refractivity contribution >= 4 is 27.4 Å². The highest BCUT2D eigenvalue weighted by atomic mass is 32.3. The number of anilines is 2. The van der Waals surface area contributed by atoms with E-state index in [0.717, 1.165) is 31.9 Å². The third kappa shape index (κ3) is 4.48. The van der Waals surface area contributed by atoms with Gasteiger partial charge in [-0.15, -0.1) is 0 Å². The molecule has 5 heteroatoms. The predicted molar refractivity (Wildman–Crippen MR) is 109 cm³/mol. The first-order valence-corrected chi connectivity index (χ1v) is 11.4. The van der Waals surface area contributed by atoms with Gasteiger partial charge in [-0.2, -0.15) is 0 Å². The Bertz CT molecular complexity index is 702. The number of nitrogens with zero attached hydrogens (tertiary/aromatic N) is 2. The highest BCUT2D eigenvalue weighted by molar-refractivity contribution is 8.32. The van der Waals surface area contributed by atoms with Crippen molar-refractivity contribution in [2.45, 2.75) is 4.90 Å². The molecule has 0 radical (unpaired) electrons. The molecule has 0 aliphatic carbocycles. The number of piperazine rings is 1. The van der Waals surface area contributed by atoms with Crippen molar-refractivity contribution in [1.82, 2.24) is 4.90 Å². The smallest absolute Gasteiger partial charge is 0.321 e. The second-order valence-corrected chi connectivity index (χ2v) is 11.2. The van der Waals surface area contributed by atoms with E-state index < -0.39 is 10.0 Å². The van der Waals surface area contributed by atoms with Gasteiger partial charge in [0.05, 0.1) is 0 Å². The van der Waals surface area contributed by atoms with E-state index >= 15 is 0 Å². The van der Waals surface area contributed by atoms with E-state index in [2.05, 4.69) is 65.4 Å². The molecule has 0 aromatic heterocycles. The van der Waals surface area contributed by atoms with Gasteiger partial charge in [0.25, 0.3) is 0 Å². The van der Waals surface area contributed by atoms with Crippen LogP contribution in [-0.4, -0.2) is 55.9 Å². The fourth-order valence-corrected chi connectivity index (χ4v) is 3.91. The van der Waals surface area contributed by atoms with Gasteiger partial charge >= 0.3 is 6.03 Å². The van der Waals surface area contributed by atoms with Crippen LogP contribution < -0.4 is 10.2 Å². The van der Waals surface area contributed by atoms with Crippen molar-refractivity contribution in [3.63, 3.8) is 0 Å². The lowest BCUT2D eigenvalue weighted by Crippen LogP contribution is -2.50. The number of amides is 2. The van der Waals surface area contributed by atoms with E-state index in [9.17, 15) is 4.79 Å². The molecule has 0 bridgehead atoms. The molecule has 0 spiro atoms. The molecule has 4 nitrogen and oxygen atoms in total. The summed E-state index contributed by atoms with van der Waals surface area (Å²) in [5, 5.41) is 3.02. The molecule has 1 aliphatic heterocycles. The van der Waals surface area contributed by atoms with Crippen LogP contribution in [0.1, 0.15) is 0 Å². The molecule has 1 heterocycles. The number of carbonyl (C=O) groups excluding carboxylic acids is 1. The Balaban J connectivity index is 1.54. The van der Waals surface area contributed by atoms with E-state index in [1.807, 2.05) is 23.1 Å². The second kappa shape index (κ2) is 7.40. The molecule has 1 aliphatic rings. The molecule has 0 atom stereocenters. The van der Waals surface area contributed by atoms with E-state index in [1.165, 1.54) is 10.6 Å². The third-order valence-corrected chi connectivity index (χ3v) is 6.19. The Morgan fingerprint density at radius 3 is 2.04 bits per heavy atom. The lowest BCUT2D eigenvalue weighted by molar-refractivity contribution is 0.208. The molecule has 1 saturated heterocycles. The van der Waals surface area contributed by atoms with Gasteiger partial charge in [0, 0.05) is 37.6 Å². The Labute approximate surface area is 152 Å². The maximum atomic E-state index is 12.5. The monoisotopic (exact) mass is 357 g/mol. The van der Waals surface area contributed by atoms with Crippen molar-refractivity contribution in [2.24, 2.45) is 0 Å². The summed E-state index contributed by atoms with van der Waals surface area (Å²) in [6.45, 7) is 3.21. The number of hydrogen-bond acceptors (Lipinski definition) is 2. The molecule has 1 N–H and O–H groups in total. The van der Waals surface area contributed by atoms with Gasteiger partial charge in [-0.05, 0) is 60.1 Å². The first-order valence-electron chi connectivity index (χ1n) is 8.58. The van der Waals surface area contributed by atoms with Crippen LogP contribution in [0, 0.1) is 0 Å². The lowest BCUT2D eigenvalue weighted by Gasteiger charge is -2.36. The quantitative estimate of drug-likeness (QED) is 0.898. The van der Waals surface area contributed by atoms with E-state index in [0.29, 0.717) is 0 Å². The van der Waals surface area contributed by atoms with Crippen molar-refractivity contribution in [2.75, 3.05) is 55.2 Å². The van der Waals surface area contributed by atoms with Gasteiger partial charge in [0.1, 0.15) is 0 Å². The number of rotatable bonds is 3. The van der Waals surface area contributed by atoms with Crippen molar-refractivity contribution in [1.29, 1.82) is 0 Å². The minimum atomic E-state index is -0.730. The highest BCUT2D eigenvalue weighted by Crippen LogP contribution is 2.45. The Kier molecular flexibility index (Phi) is 5.23.